The molecule has 6 nitrogen and oxygen atoms in total. The van der Waals surface area contributed by atoms with Gasteiger partial charge in [-0.2, -0.15) is 24.9 Å². The van der Waals surface area contributed by atoms with Crippen LogP contribution >= 0.6 is 11.8 Å². The highest BCUT2D eigenvalue weighted by Gasteiger charge is 2.45. The molecule has 1 unspecified atom stereocenters. The summed E-state index contributed by atoms with van der Waals surface area (Å²) in [5.41, 5.74) is 1.91. The monoisotopic (exact) mass is 575 g/mol. The van der Waals surface area contributed by atoms with Crippen LogP contribution in [0.1, 0.15) is 55.2 Å². The number of alkyl halides is 3. The smallest absolute Gasteiger partial charge is 0.416 e. The van der Waals surface area contributed by atoms with E-state index in [1.54, 1.807) is 31.9 Å². The third-order valence-electron chi connectivity index (χ3n) is 7.29. The van der Waals surface area contributed by atoms with Gasteiger partial charge in [0.2, 0.25) is 0 Å². The molecule has 2 aromatic rings. The zero-order chi connectivity index (χ0) is 29.0. The fourth-order valence-electron chi connectivity index (χ4n) is 5.38. The van der Waals surface area contributed by atoms with Crippen molar-refractivity contribution in [3.63, 3.8) is 0 Å². The first-order valence-corrected chi connectivity index (χ1v) is 14.2. The number of carbonyl (C=O) groups excluding carboxylic acids is 2. The van der Waals surface area contributed by atoms with E-state index in [2.05, 4.69) is 0 Å². The molecule has 2 aromatic carbocycles. The fraction of sp³-hybridized carbons (Fsp3) is 0.433. The predicted octanol–water partition coefficient (Wildman–Crippen LogP) is 6.59. The molecule has 214 valence electrons. The number of halogens is 3. The van der Waals surface area contributed by atoms with Crippen LogP contribution < -0.4 is 9.47 Å². The number of hydrogen-bond acceptors (Lipinski definition) is 7. The average molecular weight is 576 g/mol. The van der Waals surface area contributed by atoms with E-state index in [9.17, 15) is 22.8 Å². The van der Waals surface area contributed by atoms with Crippen molar-refractivity contribution < 1.29 is 37.0 Å². The van der Waals surface area contributed by atoms with Gasteiger partial charge in [0.25, 0.3) is 0 Å². The summed E-state index contributed by atoms with van der Waals surface area (Å²) >= 11 is 1.63. The lowest BCUT2D eigenvalue weighted by Crippen LogP contribution is -2.38. The third kappa shape index (κ3) is 6.22. The first kappa shape index (κ1) is 29.7. The number of benzene rings is 2. The molecular formula is C30H32F3NO5S. The van der Waals surface area contributed by atoms with E-state index < -0.39 is 29.5 Å². The number of hydrogen-bond donors (Lipinski definition) is 0. The number of carbonyl (C=O) groups is 2. The quantitative estimate of drug-likeness (QED) is 0.248. The Morgan fingerprint density at radius 3 is 2.33 bits per heavy atom. The van der Waals surface area contributed by atoms with Gasteiger partial charge in [-0.3, -0.25) is 14.6 Å². The zero-order valence-electron chi connectivity index (χ0n) is 22.8. The lowest BCUT2D eigenvalue weighted by atomic mass is 9.69. The minimum absolute atomic E-state index is 0.162. The van der Waals surface area contributed by atoms with Gasteiger partial charge in [0.15, 0.2) is 17.3 Å². The number of Topliss-reactive ketones (excluding diaryl/α,β-unsaturated/α-hetero) is 1. The van der Waals surface area contributed by atoms with Crippen molar-refractivity contribution in [1.29, 1.82) is 0 Å². The SMILES string of the molecule is CCSCCOC(=O)C1C(C)=NC2=C(C(=O)C[C@H](c3ccc(OC)c(OC)c3)C2)[C@@H]1c1ccc(C(F)(F)F)cc1. The number of thioether (sulfide) groups is 1. The van der Waals surface area contributed by atoms with Crippen molar-refractivity contribution >= 4 is 29.2 Å². The van der Waals surface area contributed by atoms with E-state index in [4.69, 9.17) is 19.2 Å². The standard InChI is InChI=1S/C30H32F3NO5S/c1-5-40-13-12-39-29(36)26-17(2)34-22-14-20(19-8-11-24(37-3)25(16-19)38-4)15-23(35)28(22)27(26)18-6-9-21(10-7-18)30(31,32)33/h6-11,16,20,26-27H,5,12-15H2,1-4H3/t20-,26?,27-/m1/s1. The topological polar surface area (TPSA) is 74.2 Å². The van der Waals surface area contributed by atoms with Crippen LogP contribution in [-0.4, -0.2) is 49.8 Å². The minimum Gasteiger partial charge on any atom is -0.493 e. The summed E-state index contributed by atoms with van der Waals surface area (Å²) in [6, 6.07) is 10.2. The van der Waals surface area contributed by atoms with Gasteiger partial charge in [-0.15, -0.1) is 0 Å². The number of esters is 1. The van der Waals surface area contributed by atoms with E-state index in [0.29, 0.717) is 46.2 Å². The van der Waals surface area contributed by atoms with Gasteiger partial charge >= 0.3 is 12.1 Å². The van der Waals surface area contributed by atoms with Crippen LogP contribution in [0.3, 0.4) is 0 Å². The van der Waals surface area contributed by atoms with E-state index in [1.807, 2.05) is 19.1 Å². The Bertz CT molecular complexity index is 1320. The second kappa shape index (κ2) is 12.5. The Morgan fingerprint density at radius 1 is 1.02 bits per heavy atom. The molecule has 0 N–H and O–H groups in total. The summed E-state index contributed by atoms with van der Waals surface area (Å²) < 4.78 is 56.2. The van der Waals surface area contributed by atoms with Gasteiger partial charge in [0.1, 0.15) is 12.5 Å². The van der Waals surface area contributed by atoms with Crippen molar-refractivity contribution in [1.82, 2.24) is 0 Å². The van der Waals surface area contributed by atoms with E-state index in [0.717, 1.165) is 23.4 Å². The molecule has 1 heterocycles. The molecule has 2 aliphatic rings. The molecule has 0 spiro atoms. The molecular weight excluding hydrogens is 543 g/mol. The number of nitrogens with zero attached hydrogens (tertiary/aromatic N) is 1. The highest BCUT2D eigenvalue weighted by atomic mass is 32.2. The van der Waals surface area contributed by atoms with E-state index >= 15 is 0 Å². The number of ether oxygens (including phenoxy) is 3. The maximum atomic E-state index is 13.8. The average Bonchev–Trinajstić information content (AvgIpc) is 2.93. The van der Waals surface area contributed by atoms with Crippen LogP contribution in [0.4, 0.5) is 13.2 Å². The lowest BCUT2D eigenvalue weighted by molar-refractivity contribution is -0.146. The summed E-state index contributed by atoms with van der Waals surface area (Å²) in [5, 5.41) is 0. The molecule has 0 bridgehead atoms. The van der Waals surface area contributed by atoms with Crippen LogP contribution in [0.15, 0.2) is 58.7 Å². The normalized spacial score (nSPS) is 21.0. The molecule has 1 aliphatic heterocycles. The number of methoxy groups -OCH3 is 2. The van der Waals surface area contributed by atoms with Gasteiger partial charge in [-0.05, 0) is 60.4 Å². The highest BCUT2D eigenvalue weighted by Crippen LogP contribution is 2.48. The number of allylic oxidation sites excluding steroid dienone is 2. The van der Waals surface area contributed by atoms with E-state index in [-0.39, 0.29) is 24.7 Å². The van der Waals surface area contributed by atoms with Crippen molar-refractivity contribution in [2.24, 2.45) is 10.9 Å². The third-order valence-corrected chi connectivity index (χ3v) is 8.16. The van der Waals surface area contributed by atoms with Gasteiger partial charge in [0.05, 0.1) is 19.8 Å². The maximum Gasteiger partial charge on any atom is 0.416 e. The fourth-order valence-corrected chi connectivity index (χ4v) is 5.87. The second-order valence-corrected chi connectivity index (χ2v) is 11.1. The number of aliphatic imine (C=N–C) groups is 1. The van der Waals surface area contributed by atoms with E-state index in [1.165, 1.54) is 19.2 Å². The van der Waals surface area contributed by atoms with Crippen molar-refractivity contribution in [2.45, 2.75) is 44.7 Å². The molecule has 0 saturated carbocycles. The van der Waals surface area contributed by atoms with Gasteiger partial charge in [-0.25, -0.2) is 0 Å². The minimum atomic E-state index is -4.50. The van der Waals surface area contributed by atoms with Crippen molar-refractivity contribution in [2.75, 3.05) is 32.3 Å². The number of rotatable bonds is 9. The molecule has 0 amide bonds. The Labute approximate surface area is 236 Å². The van der Waals surface area contributed by atoms with Crippen LogP contribution in [0, 0.1) is 5.92 Å². The Morgan fingerprint density at radius 2 is 1.70 bits per heavy atom. The highest BCUT2D eigenvalue weighted by molar-refractivity contribution is 7.99. The molecule has 0 aromatic heterocycles. The summed E-state index contributed by atoms with van der Waals surface area (Å²) in [6.45, 7) is 3.91. The van der Waals surface area contributed by atoms with Crippen molar-refractivity contribution in [3.05, 3.63) is 70.4 Å². The zero-order valence-corrected chi connectivity index (χ0v) is 23.7. The summed E-state index contributed by atoms with van der Waals surface area (Å²) in [7, 11) is 3.08. The van der Waals surface area contributed by atoms with Crippen LogP contribution in [0.2, 0.25) is 0 Å². The molecule has 3 atom stereocenters. The molecule has 40 heavy (non-hydrogen) atoms. The summed E-state index contributed by atoms with van der Waals surface area (Å²) in [4.78, 5) is 31.8. The first-order valence-electron chi connectivity index (χ1n) is 13.0. The van der Waals surface area contributed by atoms with Crippen LogP contribution in [-0.2, 0) is 20.5 Å². The second-order valence-electron chi connectivity index (χ2n) is 9.70. The molecule has 10 heteroatoms. The Kier molecular flexibility index (Phi) is 9.28. The molecule has 0 radical (unpaired) electrons. The van der Waals surface area contributed by atoms with Gasteiger partial charge in [0, 0.05) is 35.1 Å². The summed E-state index contributed by atoms with van der Waals surface area (Å²) in [6.07, 6.45) is -3.91. The molecule has 0 fully saturated rings. The van der Waals surface area contributed by atoms with Gasteiger partial charge < -0.3 is 14.2 Å². The number of ketones is 1. The Balaban J connectivity index is 1.73. The largest absolute Gasteiger partial charge is 0.493 e. The van der Waals surface area contributed by atoms with Crippen molar-refractivity contribution in [3.8, 4) is 11.5 Å². The maximum absolute atomic E-state index is 13.8. The summed E-state index contributed by atoms with van der Waals surface area (Å²) in [5.74, 6) is -0.0135. The molecule has 1 aliphatic carbocycles. The van der Waals surface area contributed by atoms with Crippen LogP contribution in [0.5, 0.6) is 11.5 Å². The predicted molar refractivity (Wildman–Crippen MR) is 148 cm³/mol. The molecule has 0 saturated heterocycles. The molecule has 4 rings (SSSR count). The lowest BCUT2D eigenvalue weighted by Gasteiger charge is -2.36. The van der Waals surface area contributed by atoms with Crippen LogP contribution in [0.25, 0.3) is 0 Å². The first-order chi connectivity index (χ1) is 19.1. The van der Waals surface area contributed by atoms with Gasteiger partial charge in [-0.1, -0.05) is 25.1 Å². The Hall–Kier alpha value is -3.27.